The predicted octanol–water partition coefficient (Wildman–Crippen LogP) is 5.34. The minimum absolute atomic E-state index is 0.193. The predicted molar refractivity (Wildman–Crippen MR) is 94.6 cm³/mol. The lowest BCUT2D eigenvalue weighted by molar-refractivity contribution is -0.115. The van der Waals surface area contributed by atoms with Crippen LogP contribution in [0.2, 0.25) is 0 Å². The number of anilines is 1. The minimum atomic E-state index is -2.52. The third-order valence-corrected chi connectivity index (χ3v) is 4.34. The van der Waals surface area contributed by atoms with Crippen molar-refractivity contribution in [3.8, 4) is 0 Å². The molecular weight excluding hydrogens is 328 g/mol. The maximum atomic E-state index is 12.6. The Morgan fingerprint density at radius 3 is 2.46 bits per heavy atom. The molecule has 0 aliphatic carbocycles. The molecule has 3 aromatic rings. The maximum Gasteiger partial charge on any atom is 0.288 e. The highest BCUT2D eigenvalue weighted by Gasteiger charge is 2.12. The number of thioether (sulfide) groups is 1. The second kappa shape index (κ2) is 7.45. The summed E-state index contributed by atoms with van der Waals surface area (Å²) in [5.41, 5.74) is 1.29. The highest BCUT2D eigenvalue weighted by molar-refractivity contribution is 7.99. The zero-order chi connectivity index (χ0) is 16.9. The van der Waals surface area contributed by atoms with Gasteiger partial charge in [0.15, 0.2) is 0 Å². The molecule has 2 nitrogen and oxygen atoms in total. The van der Waals surface area contributed by atoms with E-state index in [2.05, 4.69) is 5.32 Å². The van der Waals surface area contributed by atoms with Crippen LogP contribution < -0.4 is 5.32 Å². The molecule has 5 heteroatoms. The summed E-state index contributed by atoms with van der Waals surface area (Å²) in [4.78, 5) is 12.6. The standard InChI is InChI=1S/C19H15F2NOS/c20-19(21)24-17-8-4-3-7-16(17)22-18(23)12-13-9-10-14-5-1-2-6-15(14)11-13/h1-11,19H,12H2,(H,22,23). The van der Waals surface area contributed by atoms with Gasteiger partial charge in [0.25, 0.3) is 5.76 Å². The monoisotopic (exact) mass is 343 g/mol. The number of benzene rings is 3. The molecule has 1 N–H and O–H groups in total. The number of carbonyl (C=O) groups is 1. The second-order valence-corrected chi connectivity index (χ2v) is 6.31. The Labute approximate surface area is 142 Å². The molecule has 0 aliphatic heterocycles. The van der Waals surface area contributed by atoms with E-state index in [1.54, 1.807) is 24.3 Å². The first-order chi connectivity index (χ1) is 11.6. The lowest BCUT2D eigenvalue weighted by Crippen LogP contribution is -2.15. The smallest absolute Gasteiger partial charge is 0.288 e. The average molecular weight is 343 g/mol. The summed E-state index contributed by atoms with van der Waals surface area (Å²) in [6, 6.07) is 20.3. The van der Waals surface area contributed by atoms with Crippen molar-refractivity contribution in [3.05, 3.63) is 72.3 Å². The summed E-state index contributed by atoms with van der Waals surface area (Å²) < 4.78 is 25.2. The number of para-hydroxylation sites is 1. The average Bonchev–Trinajstić information content (AvgIpc) is 2.56. The number of hydrogen-bond acceptors (Lipinski definition) is 2. The number of halogens is 2. The molecule has 0 aliphatic rings. The van der Waals surface area contributed by atoms with Gasteiger partial charge in [0.1, 0.15) is 0 Å². The van der Waals surface area contributed by atoms with Crippen LogP contribution in [-0.2, 0) is 11.2 Å². The number of carbonyl (C=O) groups excluding carboxylic acids is 1. The normalized spacial score (nSPS) is 11.0. The maximum absolute atomic E-state index is 12.6. The van der Waals surface area contributed by atoms with E-state index in [0.717, 1.165) is 16.3 Å². The van der Waals surface area contributed by atoms with Gasteiger partial charge in [-0.15, -0.1) is 0 Å². The van der Waals surface area contributed by atoms with Gasteiger partial charge in [0.2, 0.25) is 5.91 Å². The second-order valence-electron chi connectivity index (χ2n) is 5.28. The van der Waals surface area contributed by atoms with Gasteiger partial charge in [0.05, 0.1) is 12.1 Å². The van der Waals surface area contributed by atoms with Crippen LogP contribution in [0.4, 0.5) is 14.5 Å². The van der Waals surface area contributed by atoms with Gasteiger partial charge in [-0.25, -0.2) is 0 Å². The molecule has 0 unspecified atom stereocenters. The quantitative estimate of drug-likeness (QED) is 0.634. The first-order valence-electron chi connectivity index (χ1n) is 7.43. The summed E-state index contributed by atoms with van der Waals surface area (Å²) >= 11 is 0.427. The van der Waals surface area contributed by atoms with Crippen molar-refractivity contribution in [1.82, 2.24) is 0 Å². The van der Waals surface area contributed by atoms with Crippen molar-refractivity contribution in [3.63, 3.8) is 0 Å². The Balaban J connectivity index is 1.73. The zero-order valence-corrected chi connectivity index (χ0v) is 13.5. The van der Waals surface area contributed by atoms with Crippen LogP contribution >= 0.6 is 11.8 Å². The molecule has 0 radical (unpaired) electrons. The van der Waals surface area contributed by atoms with Crippen LogP contribution in [0.3, 0.4) is 0 Å². The molecule has 0 atom stereocenters. The number of hydrogen-bond donors (Lipinski definition) is 1. The number of rotatable bonds is 5. The van der Waals surface area contributed by atoms with Crippen molar-refractivity contribution >= 4 is 34.1 Å². The minimum Gasteiger partial charge on any atom is -0.325 e. The van der Waals surface area contributed by atoms with Crippen molar-refractivity contribution in [2.24, 2.45) is 0 Å². The Kier molecular flexibility index (Phi) is 5.11. The van der Waals surface area contributed by atoms with E-state index < -0.39 is 5.76 Å². The van der Waals surface area contributed by atoms with E-state index in [-0.39, 0.29) is 12.3 Å². The van der Waals surface area contributed by atoms with Crippen LogP contribution in [0.25, 0.3) is 10.8 Å². The first kappa shape index (κ1) is 16.5. The van der Waals surface area contributed by atoms with Crippen molar-refractivity contribution < 1.29 is 13.6 Å². The van der Waals surface area contributed by atoms with Crippen molar-refractivity contribution in [1.29, 1.82) is 0 Å². The van der Waals surface area contributed by atoms with Gasteiger partial charge in [0, 0.05) is 4.90 Å². The molecule has 122 valence electrons. The molecule has 1 amide bonds. The van der Waals surface area contributed by atoms with Gasteiger partial charge in [-0.05, 0) is 28.5 Å². The fourth-order valence-electron chi connectivity index (χ4n) is 2.50. The number of amides is 1. The molecular formula is C19H15F2NOS. The van der Waals surface area contributed by atoms with Gasteiger partial charge in [-0.2, -0.15) is 8.78 Å². The summed E-state index contributed by atoms with van der Waals surface area (Å²) in [6.45, 7) is 0. The summed E-state index contributed by atoms with van der Waals surface area (Å²) in [5.74, 6) is -2.75. The Bertz CT molecular complexity index is 867. The van der Waals surface area contributed by atoms with E-state index in [1.807, 2.05) is 42.5 Å². The summed E-state index contributed by atoms with van der Waals surface area (Å²) in [7, 11) is 0. The van der Waals surface area contributed by atoms with Gasteiger partial charge in [-0.3, -0.25) is 4.79 Å². The lowest BCUT2D eigenvalue weighted by Gasteiger charge is -2.10. The van der Waals surface area contributed by atoms with Gasteiger partial charge >= 0.3 is 0 Å². The van der Waals surface area contributed by atoms with Crippen LogP contribution in [0.1, 0.15) is 5.56 Å². The molecule has 24 heavy (non-hydrogen) atoms. The van der Waals surface area contributed by atoms with E-state index >= 15 is 0 Å². The van der Waals surface area contributed by atoms with Gasteiger partial charge in [-0.1, -0.05) is 66.4 Å². The van der Waals surface area contributed by atoms with Crippen LogP contribution in [-0.4, -0.2) is 11.7 Å². The zero-order valence-electron chi connectivity index (χ0n) is 12.7. The third kappa shape index (κ3) is 4.11. The molecule has 0 bridgehead atoms. The summed E-state index contributed by atoms with van der Waals surface area (Å²) in [5, 5.41) is 4.90. The van der Waals surface area contributed by atoms with Crippen LogP contribution in [0, 0.1) is 0 Å². The fraction of sp³-hybridized carbons (Fsp3) is 0.105. The third-order valence-electron chi connectivity index (χ3n) is 3.56. The Morgan fingerprint density at radius 2 is 1.67 bits per heavy atom. The molecule has 0 saturated heterocycles. The highest BCUT2D eigenvalue weighted by Crippen LogP contribution is 2.31. The van der Waals surface area contributed by atoms with E-state index in [0.29, 0.717) is 22.3 Å². The Hall–Kier alpha value is -2.40. The first-order valence-corrected chi connectivity index (χ1v) is 8.31. The molecule has 0 fully saturated rings. The largest absolute Gasteiger partial charge is 0.325 e. The fourth-order valence-corrected chi connectivity index (χ4v) is 3.09. The Morgan fingerprint density at radius 1 is 0.958 bits per heavy atom. The van der Waals surface area contributed by atoms with E-state index in [9.17, 15) is 13.6 Å². The van der Waals surface area contributed by atoms with Gasteiger partial charge < -0.3 is 5.32 Å². The number of alkyl halides is 2. The number of fused-ring (bicyclic) bond motifs is 1. The highest BCUT2D eigenvalue weighted by atomic mass is 32.2. The molecule has 0 aromatic heterocycles. The van der Waals surface area contributed by atoms with Crippen LogP contribution in [0.15, 0.2) is 71.6 Å². The topological polar surface area (TPSA) is 29.1 Å². The van der Waals surface area contributed by atoms with Crippen LogP contribution in [0.5, 0.6) is 0 Å². The molecule has 0 heterocycles. The lowest BCUT2D eigenvalue weighted by atomic mass is 10.0. The SMILES string of the molecule is O=C(Cc1ccc2ccccc2c1)Nc1ccccc1SC(F)F. The molecule has 0 saturated carbocycles. The molecule has 0 spiro atoms. The van der Waals surface area contributed by atoms with E-state index in [4.69, 9.17) is 0 Å². The molecule has 3 aromatic carbocycles. The molecule has 3 rings (SSSR count). The summed E-state index contributed by atoms with van der Waals surface area (Å²) in [6.07, 6.45) is 0.193. The van der Waals surface area contributed by atoms with Crippen molar-refractivity contribution in [2.45, 2.75) is 17.1 Å². The number of nitrogens with one attached hydrogen (secondary N) is 1. The van der Waals surface area contributed by atoms with E-state index in [1.165, 1.54) is 0 Å². The van der Waals surface area contributed by atoms with Crippen molar-refractivity contribution in [2.75, 3.05) is 5.32 Å².